The Morgan fingerprint density at radius 2 is 1.86 bits per heavy atom. The number of rotatable bonds is 2. The predicted molar refractivity (Wildman–Crippen MR) is 60.8 cm³/mol. The Morgan fingerprint density at radius 1 is 1.19 bits per heavy atom. The van der Waals surface area contributed by atoms with E-state index in [0.29, 0.717) is 12.3 Å². The Hall–Kier alpha value is -2.78. The molecule has 0 radical (unpaired) electrons. The van der Waals surface area contributed by atoms with Crippen LogP contribution in [0.1, 0.15) is 16.1 Å². The summed E-state index contributed by atoms with van der Waals surface area (Å²) in [5, 5.41) is 11.2. The number of hydrogen-bond acceptors (Lipinski definition) is 5. The van der Waals surface area contributed by atoms with Gasteiger partial charge in [0.05, 0.1) is 5.56 Å². The van der Waals surface area contributed by atoms with Crippen LogP contribution in [0.2, 0.25) is 0 Å². The molecule has 0 atom stereocenters. The molecular weight excluding hydrogens is 296 g/mol. The Labute approximate surface area is 114 Å². The normalized spacial score (nSPS) is 11.2. The van der Waals surface area contributed by atoms with E-state index >= 15 is 0 Å². The van der Waals surface area contributed by atoms with Crippen LogP contribution in [0, 0.1) is 5.95 Å². The van der Waals surface area contributed by atoms with Crippen LogP contribution in [0.4, 0.5) is 23.2 Å². The van der Waals surface area contributed by atoms with Crippen molar-refractivity contribution in [2.75, 3.05) is 5.32 Å². The van der Waals surface area contributed by atoms with Crippen molar-refractivity contribution in [2.24, 2.45) is 0 Å². The smallest absolute Gasteiger partial charge is 0.417 e. The molecule has 6 nitrogen and oxygen atoms in total. The fraction of sp³-hybridized carbons (Fsp3) is 0.0909. The maximum absolute atomic E-state index is 13.2. The van der Waals surface area contributed by atoms with Crippen molar-refractivity contribution in [3.8, 4) is 5.88 Å². The van der Waals surface area contributed by atoms with E-state index in [9.17, 15) is 27.5 Å². The summed E-state index contributed by atoms with van der Waals surface area (Å²) in [5.41, 5.74) is -2.54. The number of amides is 1. The Kier molecular flexibility index (Phi) is 3.70. The maximum Gasteiger partial charge on any atom is 0.417 e. The van der Waals surface area contributed by atoms with Gasteiger partial charge in [-0.05, 0) is 6.07 Å². The lowest BCUT2D eigenvalue weighted by atomic mass is 10.2. The van der Waals surface area contributed by atoms with Crippen molar-refractivity contribution in [3.63, 3.8) is 0 Å². The quantitative estimate of drug-likeness (QED) is 0.828. The summed E-state index contributed by atoms with van der Waals surface area (Å²) < 4.78 is 50.7. The molecule has 0 saturated carbocycles. The number of nitrogens with one attached hydrogen (secondary N) is 1. The number of nitrogens with zero attached hydrogens (tertiary/aromatic N) is 3. The molecule has 1 amide bonds. The first-order valence-corrected chi connectivity index (χ1v) is 5.33. The molecule has 0 bridgehead atoms. The number of halogens is 4. The molecule has 0 saturated heterocycles. The van der Waals surface area contributed by atoms with Gasteiger partial charge in [-0.2, -0.15) is 17.6 Å². The second kappa shape index (κ2) is 5.31. The average molecular weight is 302 g/mol. The molecule has 0 fully saturated rings. The summed E-state index contributed by atoms with van der Waals surface area (Å²) in [7, 11) is 0. The largest absolute Gasteiger partial charge is 0.492 e. The van der Waals surface area contributed by atoms with Crippen LogP contribution >= 0.6 is 0 Å². The highest BCUT2D eigenvalue weighted by Crippen LogP contribution is 2.33. The Morgan fingerprint density at radius 3 is 2.48 bits per heavy atom. The van der Waals surface area contributed by atoms with Gasteiger partial charge in [-0.25, -0.2) is 15.0 Å². The number of alkyl halides is 3. The number of pyridine rings is 1. The first-order valence-electron chi connectivity index (χ1n) is 5.33. The standard InChI is InChI=1S/C11H6F4N4O2/c12-8-7(16-1-2-17-8)10(21)19-6-3-5(11(13,14)15)4-18-9(6)20/h1-4H,(H,18,20)(H,19,21). The molecule has 0 spiro atoms. The molecule has 10 heteroatoms. The van der Waals surface area contributed by atoms with E-state index in [1.54, 1.807) is 0 Å². The van der Waals surface area contributed by atoms with E-state index < -0.39 is 40.9 Å². The van der Waals surface area contributed by atoms with Crippen molar-refractivity contribution in [1.82, 2.24) is 15.0 Å². The minimum atomic E-state index is -4.71. The molecule has 2 aromatic rings. The second-order valence-electron chi connectivity index (χ2n) is 3.74. The lowest BCUT2D eigenvalue weighted by Crippen LogP contribution is -2.17. The topological polar surface area (TPSA) is 88.0 Å². The van der Waals surface area contributed by atoms with Crippen LogP contribution in [0.15, 0.2) is 24.7 Å². The van der Waals surface area contributed by atoms with Crippen LogP contribution in [-0.4, -0.2) is 26.0 Å². The van der Waals surface area contributed by atoms with Crippen molar-refractivity contribution < 1.29 is 27.5 Å². The summed E-state index contributed by atoms with van der Waals surface area (Å²) in [5.74, 6) is -3.22. The minimum Gasteiger partial charge on any atom is -0.492 e. The van der Waals surface area contributed by atoms with Gasteiger partial charge in [-0.15, -0.1) is 0 Å². The lowest BCUT2D eigenvalue weighted by molar-refractivity contribution is -0.137. The van der Waals surface area contributed by atoms with Crippen LogP contribution in [0.5, 0.6) is 5.88 Å². The third kappa shape index (κ3) is 3.22. The summed E-state index contributed by atoms with van der Waals surface area (Å²) in [6.45, 7) is 0. The third-order valence-electron chi connectivity index (χ3n) is 2.31. The molecule has 0 aliphatic carbocycles. The number of carbonyl (C=O) groups excluding carboxylic acids is 1. The Bertz CT molecular complexity index is 690. The predicted octanol–water partition coefficient (Wildman–Crippen LogP) is 1.99. The van der Waals surface area contributed by atoms with Crippen molar-refractivity contribution in [2.45, 2.75) is 6.18 Å². The zero-order valence-electron chi connectivity index (χ0n) is 10.0. The van der Waals surface area contributed by atoms with E-state index in [-0.39, 0.29) is 0 Å². The van der Waals surface area contributed by atoms with Gasteiger partial charge in [0.25, 0.3) is 5.91 Å². The molecule has 2 heterocycles. The van der Waals surface area contributed by atoms with E-state index in [0.717, 1.165) is 12.4 Å². The van der Waals surface area contributed by atoms with Gasteiger partial charge >= 0.3 is 6.18 Å². The molecule has 2 aromatic heterocycles. The van der Waals surface area contributed by atoms with E-state index in [2.05, 4.69) is 15.0 Å². The number of carbonyl (C=O) groups is 1. The van der Waals surface area contributed by atoms with Crippen LogP contribution in [0.3, 0.4) is 0 Å². The monoisotopic (exact) mass is 302 g/mol. The van der Waals surface area contributed by atoms with Gasteiger partial charge in [0, 0.05) is 18.6 Å². The van der Waals surface area contributed by atoms with Gasteiger partial charge in [0.2, 0.25) is 11.8 Å². The van der Waals surface area contributed by atoms with Crippen LogP contribution < -0.4 is 5.32 Å². The summed E-state index contributed by atoms with van der Waals surface area (Å²) in [6.07, 6.45) is -2.29. The van der Waals surface area contributed by atoms with Gasteiger partial charge in [-0.1, -0.05) is 0 Å². The highest BCUT2D eigenvalue weighted by molar-refractivity contribution is 6.03. The van der Waals surface area contributed by atoms with Crippen molar-refractivity contribution >= 4 is 11.6 Å². The van der Waals surface area contributed by atoms with Gasteiger partial charge < -0.3 is 10.4 Å². The van der Waals surface area contributed by atoms with E-state index in [4.69, 9.17) is 0 Å². The molecule has 0 aliphatic heterocycles. The first kappa shape index (κ1) is 14.6. The molecule has 2 rings (SSSR count). The van der Waals surface area contributed by atoms with Gasteiger partial charge in [0.1, 0.15) is 5.69 Å². The summed E-state index contributed by atoms with van der Waals surface area (Å²) >= 11 is 0. The van der Waals surface area contributed by atoms with Crippen LogP contribution in [0.25, 0.3) is 0 Å². The van der Waals surface area contributed by atoms with Gasteiger partial charge in [-0.3, -0.25) is 4.79 Å². The third-order valence-corrected chi connectivity index (χ3v) is 2.31. The van der Waals surface area contributed by atoms with Crippen molar-refractivity contribution in [3.05, 3.63) is 41.9 Å². The van der Waals surface area contributed by atoms with Crippen LogP contribution in [-0.2, 0) is 6.18 Å². The highest BCUT2D eigenvalue weighted by Gasteiger charge is 2.32. The highest BCUT2D eigenvalue weighted by atomic mass is 19.4. The zero-order valence-corrected chi connectivity index (χ0v) is 10.0. The second-order valence-corrected chi connectivity index (χ2v) is 3.74. The van der Waals surface area contributed by atoms with Crippen molar-refractivity contribution in [1.29, 1.82) is 0 Å². The molecular formula is C11H6F4N4O2. The number of hydrogen-bond donors (Lipinski definition) is 2. The number of anilines is 1. The SMILES string of the molecule is O=C(Nc1cc(C(F)(F)F)cnc1O)c1nccnc1F. The Balaban J connectivity index is 2.31. The maximum atomic E-state index is 13.2. The summed E-state index contributed by atoms with van der Waals surface area (Å²) in [6, 6.07) is 0.467. The molecule has 0 aromatic carbocycles. The molecule has 0 aliphatic rings. The molecule has 21 heavy (non-hydrogen) atoms. The average Bonchev–Trinajstić information content (AvgIpc) is 2.40. The fourth-order valence-corrected chi connectivity index (χ4v) is 1.36. The minimum absolute atomic E-state index is 0.397. The van der Waals surface area contributed by atoms with Gasteiger partial charge in [0.15, 0.2) is 5.69 Å². The molecule has 0 unspecified atom stereocenters. The zero-order chi connectivity index (χ0) is 15.6. The first-order chi connectivity index (χ1) is 9.79. The van der Waals surface area contributed by atoms with E-state index in [1.165, 1.54) is 0 Å². The summed E-state index contributed by atoms with van der Waals surface area (Å²) in [4.78, 5) is 21.4. The number of aromatic nitrogens is 3. The fourth-order valence-electron chi connectivity index (χ4n) is 1.36. The molecule has 110 valence electrons. The molecule has 2 N–H and O–H groups in total. The van der Waals surface area contributed by atoms with E-state index in [1.807, 2.05) is 5.32 Å². The lowest BCUT2D eigenvalue weighted by Gasteiger charge is -2.10. The number of aromatic hydroxyl groups is 1.